The molecule has 0 aliphatic rings. The maximum Gasteiger partial charge on any atom is 0.198 e. The van der Waals surface area contributed by atoms with Crippen molar-refractivity contribution in [2.45, 2.75) is 19.8 Å². The molecule has 0 bridgehead atoms. The van der Waals surface area contributed by atoms with E-state index in [1.54, 1.807) is 18.4 Å². The molecule has 0 saturated carbocycles. The number of nitrogens with zero attached hydrogens (tertiary/aromatic N) is 4. The minimum atomic E-state index is 0.355. The maximum atomic E-state index is 5.82. The smallest absolute Gasteiger partial charge is 0.198 e. The van der Waals surface area contributed by atoms with Crippen molar-refractivity contribution < 1.29 is 9.47 Å². The summed E-state index contributed by atoms with van der Waals surface area (Å²) in [5.74, 6) is 2.35. The van der Waals surface area contributed by atoms with Gasteiger partial charge in [0.1, 0.15) is 18.1 Å². The number of thiophene rings is 1. The van der Waals surface area contributed by atoms with Crippen molar-refractivity contribution >= 4 is 23.6 Å². The van der Waals surface area contributed by atoms with Crippen LogP contribution < -0.4 is 9.47 Å². The fraction of sp³-hybridized carbons (Fsp3) is 0.333. The molecular formula is C18H22N4O2S2. The summed E-state index contributed by atoms with van der Waals surface area (Å²) in [7, 11) is 5.61. The van der Waals surface area contributed by atoms with Gasteiger partial charge < -0.3 is 14.0 Å². The summed E-state index contributed by atoms with van der Waals surface area (Å²) < 4.78 is 15.4. The number of benzene rings is 1. The van der Waals surface area contributed by atoms with Crippen LogP contribution in [0.5, 0.6) is 11.5 Å². The Kier molecular flexibility index (Phi) is 6.08. The van der Waals surface area contributed by atoms with Crippen molar-refractivity contribution in [3.63, 3.8) is 0 Å². The highest BCUT2D eigenvalue weighted by Gasteiger charge is 2.11. The van der Waals surface area contributed by atoms with Crippen LogP contribution in [0.1, 0.15) is 11.4 Å². The largest absolute Gasteiger partial charge is 0.497 e. The molecule has 0 aliphatic carbocycles. The lowest BCUT2D eigenvalue weighted by Crippen LogP contribution is -2.22. The second-order valence-corrected chi connectivity index (χ2v) is 7.15. The lowest BCUT2D eigenvalue weighted by atomic mass is 10.3. The lowest BCUT2D eigenvalue weighted by Gasteiger charge is -2.15. The minimum Gasteiger partial charge on any atom is -0.497 e. The third-order valence-electron chi connectivity index (χ3n) is 3.97. The van der Waals surface area contributed by atoms with Gasteiger partial charge in [-0.05, 0) is 65.9 Å². The van der Waals surface area contributed by atoms with Crippen molar-refractivity contribution in [1.29, 1.82) is 0 Å². The van der Waals surface area contributed by atoms with E-state index >= 15 is 0 Å². The van der Waals surface area contributed by atoms with Crippen LogP contribution in [0.25, 0.3) is 0 Å². The van der Waals surface area contributed by atoms with Gasteiger partial charge in [0, 0.05) is 13.6 Å². The summed E-state index contributed by atoms with van der Waals surface area (Å²) in [6.07, 6.45) is 0. The summed E-state index contributed by atoms with van der Waals surface area (Å²) in [5, 5.41) is 8.86. The van der Waals surface area contributed by atoms with Gasteiger partial charge in [-0.25, -0.2) is 4.68 Å². The molecule has 138 valence electrons. The van der Waals surface area contributed by atoms with Crippen molar-refractivity contribution in [2.24, 2.45) is 7.05 Å². The Balaban J connectivity index is 1.63. The fourth-order valence-electron chi connectivity index (χ4n) is 2.54. The van der Waals surface area contributed by atoms with E-state index in [-0.39, 0.29) is 0 Å². The van der Waals surface area contributed by atoms with E-state index in [0.717, 1.165) is 23.9 Å². The molecule has 2 aromatic heterocycles. The molecule has 0 spiro atoms. The van der Waals surface area contributed by atoms with Gasteiger partial charge in [0.15, 0.2) is 10.6 Å². The molecule has 26 heavy (non-hydrogen) atoms. The van der Waals surface area contributed by atoms with Crippen LogP contribution in [0.3, 0.4) is 0 Å². The van der Waals surface area contributed by atoms with Crippen molar-refractivity contribution in [3.05, 3.63) is 57.3 Å². The van der Waals surface area contributed by atoms with Crippen molar-refractivity contribution in [1.82, 2.24) is 19.2 Å². The number of hydrogen-bond acceptors (Lipinski definition) is 6. The number of rotatable bonds is 8. The van der Waals surface area contributed by atoms with Gasteiger partial charge in [-0.3, -0.25) is 4.90 Å². The Morgan fingerprint density at radius 3 is 2.58 bits per heavy atom. The number of aromatic nitrogens is 3. The van der Waals surface area contributed by atoms with E-state index in [4.69, 9.17) is 21.7 Å². The number of ether oxygens (including phenoxy) is 2. The summed E-state index contributed by atoms with van der Waals surface area (Å²) in [6, 6.07) is 9.61. The predicted molar refractivity (Wildman–Crippen MR) is 105 cm³/mol. The average Bonchev–Trinajstić information content (AvgIpc) is 3.24. The van der Waals surface area contributed by atoms with E-state index in [1.807, 2.05) is 40.6 Å². The predicted octanol–water partition coefficient (Wildman–Crippen LogP) is 3.69. The molecule has 0 N–H and O–H groups in total. The van der Waals surface area contributed by atoms with E-state index in [2.05, 4.69) is 33.9 Å². The molecular weight excluding hydrogens is 368 g/mol. The van der Waals surface area contributed by atoms with Crippen LogP contribution in [0.15, 0.2) is 41.1 Å². The fourth-order valence-corrected chi connectivity index (χ4v) is 3.41. The minimum absolute atomic E-state index is 0.355. The normalized spacial score (nSPS) is 11.1. The topological polar surface area (TPSA) is 44.5 Å². The first-order chi connectivity index (χ1) is 12.6. The molecule has 0 radical (unpaired) electrons. The van der Waals surface area contributed by atoms with Crippen LogP contribution in [-0.4, -0.2) is 33.4 Å². The molecule has 8 heteroatoms. The van der Waals surface area contributed by atoms with Crippen LogP contribution in [0, 0.1) is 4.77 Å². The van der Waals surface area contributed by atoms with Crippen LogP contribution in [-0.2, 0) is 26.9 Å². The standard InChI is InChI=1S/C18H22N4O2S2/c1-20(10-14-8-9-26-12-14)13-22-18(25)21(2)17(19-22)11-24-16-6-4-15(23-3)5-7-16/h4-9,12H,10-11,13H2,1-3H3. The summed E-state index contributed by atoms with van der Waals surface area (Å²) in [6.45, 7) is 1.85. The first-order valence-corrected chi connectivity index (χ1v) is 9.51. The first-order valence-electron chi connectivity index (χ1n) is 8.16. The third-order valence-corrected chi connectivity index (χ3v) is 5.18. The third kappa shape index (κ3) is 4.51. The Hall–Kier alpha value is -2.16. The van der Waals surface area contributed by atoms with Gasteiger partial charge in [0.25, 0.3) is 0 Å². The van der Waals surface area contributed by atoms with Gasteiger partial charge in [-0.1, -0.05) is 0 Å². The highest BCUT2D eigenvalue weighted by Crippen LogP contribution is 2.18. The van der Waals surface area contributed by atoms with Crippen LogP contribution in [0.4, 0.5) is 0 Å². The Morgan fingerprint density at radius 1 is 1.19 bits per heavy atom. The van der Waals surface area contributed by atoms with Gasteiger partial charge in [-0.15, -0.1) is 0 Å². The number of methoxy groups -OCH3 is 1. The van der Waals surface area contributed by atoms with E-state index in [9.17, 15) is 0 Å². The van der Waals surface area contributed by atoms with Gasteiger partial charge in [0.05, 0.1) is 13.8 Å². The Morgan fingerprint density at radius 2 is 1.92 bits per heavy atom. The van der Waals surface area contributed by atoms with Gasteiger partial charge in [0.2, 0.25) is 0 Å². The molecule has 6 nitrogen and oxygen atoms in total. The van der Waals surface area contributed by atoms with Crippen molar-refractivity contribution in [3.8, 4) is 11.5 Å². The molecule has 0 atom stereocenters. The molecule has 1 aromatic carbocycles. The maximum absolute atomic E-state index is 5.82. The van der Waals surface area contributed by atoms with Crippen LogP contribution in [0.2, 0.25) is 0 Å². The Bertz CT molecular complexity index is 885. The summed E-state index contributed by atoms with van der Waals surface area (Å²) >= 11 is 7.22. The second kappa shape index (κ2) is 8.48. The zero-order chi connectivity index (χ0) is 18.5. The SMILES string of the molecule is COc1ccc(OCc2nn(CN(C)Cc3ccsc3)c(=S)n2C)cc1. The number of hydrogen-bond donors (Lipinski definition) is 0. The Labute approximate surface area is 162 Å². The molecule has 0 saturated heterocycles. The van der Waals surface area contributed by atoms with Crippen LogP contribution >= 0.6 is 23.6 Å². The monoisotopic (exact) mass is 390 g/mol. The first kappa shape index (κ1) is 18.6. The quantitative estimate of drug-likeness (QED) is 0.549. The van der Waals surface area contributed by atoms with Gasteiger partial charge >= 0.3 is 0 Å². The molecule has 0 amide bonds. The molecule has 0 aliphatic heterocycles. The lowest BCUT2D eigenvalue weighted by molar-refractivity contribution is 0.241. The van der Waals surface area contributed by atoms with E-state index < -0.39 is 0 Å². The van der Waals surface area contributed by atoms with Gasteiger partial charge in [-0.2, -0.15) is 16.4 Å². The van der Waals surface area contributed by atoms with Crippen molar-refractivity contribution in [2.75, 3.05) is 14.2 Å². The van der Waals surface area contributed by atoms with E-state index in [0.29, 0.717) is 18.0 Å². The molecule has 3 aromatic rings. The molecule has 0 unspecified atom stereocenters. The zero-order valence-electron chi connectivity index (χ0n) is 15.1. The average molecular weight is 391 g/mol. The highest BCUT2D eigenvalue weighted by atomic mass is 32.1. The zero-order valence-corrected chi connectivity index (χ0v) is 16.7. The summed E-state index contributed by atoms with van der Waals surface area (Å²) in [5.41, 5.74) is 1.29. The molecule has 0 fully saturated rings. The second-order valence-electron chi connectivity index (χ2n) is 6.01. The van der Waals surface area contributed by atoms with E-state index in [1.165, 1.54) is 5.56 Å². The summed E-state index contributed by atoms with van der Waals surface area (Å²) in [4.78, 5) is 2.18. The molecule has 3 rings (SSSR count). The molecule has 2 heterocycles. The highest BCUT2D eigenvalue weighted by molar-refractivity contribution is 7.71.